The van der Waals surface area contributed by atoms with Gasteiger partial charge in [-0.15, -0.1) is 0 Å². The predicted octanol–water partition coefficient (Wildman–Crippen LogP) is 2.73. The van der Waals surface area contributed by atoms with Crippen molar-refractivity contribution in [2.75, 3.05) is 0 Å². The lowest BCUT2D eigenvalue weighted by molar-refractivity contribution is -0.384. The normalized spacial score (nSPS) is 11.1. The fourth-order valence-corrected chi connectivity index (χ4v) is 2.61. The number of para-hydroxylation sites is 1. The van der Waals surface area contributed by atoms with Crippen LogP contribution in [0.3, 0.4) is 0 Å². The molecule has 2 aromatic rings. The van der Waals surface area contributed by atoms with Gasteiger partial charge in [-0.2, -0.15) is 9.78 Å². The van der Waals surface area contributed by atoms with E-state index in [0.717, 1.165) is 0 Å². The van der Waals surface area contributed by atoms with Gasteiger partial charge >= 0.3 is 0 Å². The highest BCUT2D eigenvalue weighted by molar-refractivity contribution is 5.94. The molecule has 2 aliphatic heterocycles. The Morgan fingerprint density at radius 3 is 2.65 bits per heavy atom. The van der Waals surface area contributed by atoms with E-state index in [2.05, 4.69) is 10.1 Å². The number of aromatic amines is 1. The van der Waals surface area contributed by atoms with Gasteiger partial charge < -0.3 is 4.98 Å². The van der Waals surface area contributed by atoms with Crippen molar-refractivity contribution in [3.63, 3.8) is 0 Å². The molecule has 0 aromatic heterocycles. The number of benzene rings is 2. The molecule has 0 bridgehead atoms. The van der Waals surface area contributed by atoms with Crippen LogP contribution < -0.4 is 5.56 Å². The largest absolute Gasteiger partial charge is 0.360 e. The number of nitro benzene ring substituents is 1. The molecule has 0 radical (unpaired) electrons. The summed E-state index contributed by atoms with van der Waals surface area (Å²) in [4.78, 5) is 25.9. The Morgan fingerprint density at radius 1 is 1.13 bits per heavy atom. The van der Waals surface area contributed by atoms with Crippen molar-refractivity contribution < 1.29 is 4.92 Å². The molecule has 0 aliphatic carbocycles. The van der Waals surface area contributed by atoms with E-state index in [9.17, 15) is 14.9 Å². The molecule has 0 amide bonds. The summed E-state index contributed by atoms with van der Waals surface area (Å²) in [7, 11) is 0. The van der Waals surface area contributed by atoms with E-state index in [1.54, 1.807) is 18.2 Å². The number of fused-ring (bicyclic) bond motifs is 3. The van der Waals surface area contributed by atoms with Crippen molar-refractivity contribution in [3.05, 3.63) is 75.2 Å². The summed E-state index contributed by atoms with van der Waals surface area (Å²) in [5.74, 6) is 0. The Bertz CT molecular complexity index is 1070. The van der Waals surface area contributed by atoms with E-state index in [0.29, 0.717) is 27.8 Å². The zero-order chi connectivity index (χ0) is 16.0. The Labute approximate surface area is 129 Å². The fraction of sp³-hybridized carbons (Fsp3) is 0. The van der Waals surface area contributed by atoms with Crippen molar-refractivity contribution in [1.29, 1.82) is 0 Å². The van der Waals surface area contributed by atoms with E-state index >= 15 is 0 Å². The number of H-pyrrole nitrogens is 1. The van der Waals surface area contributed by atoms with Crippen molar-refractivity contribution >= 4 is 16.6 Å². The molecule has 0 saturated heterocycles. The predicted molar refractivity (Wildman–Crippen MR) is 85.0 cm³/mol. The summed E-state index contributed by atoms with van der Waals surface area (Å²) in [6, 6.07) is 13.5. The van der Waals surface area contributed by atoms with Crippen LogP contribution in [0.25, 0.3) is 27.8 Å². The van der Waals surface area contributed by atoms with Crippen LogP contribution in [0.2, 0.25) is 0 Å². The van der Waals surface area contributed by atoms with Gasteiger partial charge in [-0.05, 0) is 18.2 Å². The molecule has 0 saturated carbocycles. The number of pyridine rings is 1. The quantitative estimate of drug-likeness (QED) is 0.455. The second-order valence-corrected chi connectivity index (χ2v) is 5.09. The summed E-state index contributed by atoms with van der Waals surface area (Å²) in [6.45, 7) is 0. The van der Waals surface area contributed by atoms with Gasteiger partial charge in [0, 0.05) is 23.7 Å². The second kappa shape index (κ2) is 4.77. The van der Waals surface area contributed by atoms with E-state index in [4.69, 9.17) is 0 Å². The number of non-ortho nitro benzene ring substituents is 1. The molecule has 23 heavy (non-hydrogen) atoms. The summed E-state index contributed by atoms with van der Waals surface area (Å²) >= 11 is 0. The third kappa shape index (κ3) is 1.98. The molecule has 0 fully saturated rings. The number of hydrogen-bond donors (Lipinski definition) is 1. The molecule has 1 N–H and O–H groups in total. The molecule has 4 rings (SSSR count). The van der Waals surface area contributed by atoms with Gasteiger partial charge in [-0.1, -0.05) is 18.2 Å². The first kappa shape index (κ1) is 13.2. The summed E-state index contributed by atoms with van der Waals surface area (Å²) < 4.78 is 1.33. The maximum absolute atomic E-state index is 12.5. The first-order chi connectivity index (χ1) is 11.1. The van der Waals surface area contributed by atoms with Gasteiger partial charge in [-0.3, -0.25) is 14.9 Å². The highest BCUT2D eigenvalue weighted by atomic mass is 16.6. The van der Waals surface area contributed by atoms with Crippen LogP contribution in [-0.4, -0.2) is 19.7 Å². The third-order valence-electron chi connectivity index (χ3n) is 3.72. The zero-order valence-electron chi connectivity index (χ0n) is 11.8. The van der Waals surface area contributed by atoms with Crippen LogP contribution in [0.4, 0.5) is 5.69 Å². The Morgan fingerprint density at radius 2 is 1.91 bits per heavy atom. The lowest BCUT2D eigenvalue weighted by atomic mass is 10.1. The minimum atomic E-state index is -0.459. The molecule has 2 heterocycles. The fourth-order valence-electron chi connectivity index (χ4n) is 2.61. The lowest BCUT2D eigenvalue weighted by Crippen LogP contribution is -2.14. The van der Waals surface area contributed by atoms with Crippen LogP contribution in [0.5, 0.6) is 0 Å². The number of hydrogen-bond acceptors (Lipinski definition) is 4. The van der Waals surface area contributed by atoms with Crippen LogP contribution in [0, 0.1) is 10.1 Å². The third-order valence-corrected chi connectivity index (χ3v) is 3.72. The van der Waals surface area contributed by atoms with Crippen molar-refractivity contribution in [2.45, 2.75) is 0 Å². The number of nitrogens with zero attached hydrogens (tertiary/aromatic N) is 3. The smallest absolute Gasteiger partial charge is 0.282 e. The van der Waals surface area contributed by atoms with Crippen LogP contribution in [0.1, 0.15) is 0 Å². The monoisotopic (exact) mass is 306 g/mol. The Balaban J connectivity index is 2.02. The maximum atomic E-state index is 12.5. The molecule has 0 unspecified atom stereocenters. The Kier molecular flexibility index (Phi) is 2.74. The van der Waals surface area contributed by atoms with E-state index < -0.39 is 4.92 Å². The first-order valence-electron chi connectivity index (χ1n) is 6.89. The van der Waals surface area contributed by atoms with Gasteiger partial charge in [0.1, 0.15) is 5.69 Å². The molecule has 7 nitrogen and oxygen atoms in total. The van der Waals surface area contributed by atoms with Gasteiger partial charge in [-0.25, -0.2) is 0 Å². The summed E-state index contributed by atoms with van der Waals surface area (Å²) in [5.41, 5.74) is 1.94. The van der Waals surface area contributed by atoms with E-state index in [1.807, 2.05) is 18.2 Å². The Hall–Kier alpha value is -3.48. The summed E-state index contributed by atoms with van der Waals surface area (Å²) in [5, 5.41) is 15.9. The maximum Gasteiger partial charge on any atom is 0.282 e. The highest BCUT2D eigenvalue weighted by Crippen LogP contribution is 2.28. The molecule has 7 heteroatoms. The average molecular weight is 306 g/mol. The topological polar surface area (TPSA) is 93.8 Å². The molecular weight excluding hydrogens is 296 g/mol. The lowest BCUT2D eigenvalue weighted by Gasteiger charge is -2.02. The highest BCUT2D eigenvalue weighted by Gasteiger charge is 2.20. The number of nitro groups is 1. The van der Waals surface area contributed by atoms with Crippen molar-refractivity contribution in [1.82, 2.24) is 14.8 Å². The minimum Gasteiger partial charge on any atom is -0.360 e. The van der Waals surface area contributed by atoms with E-state index in [1.165, 1.54) is 23.0 Å². The van der Waals surface area contributed by atoms with Gasteiger partial charge in [0.05, 0.1) is 21.7 Å². The van der Waals surface area contributed by atoms with Crippen molar-refractivity contribution in [2.24, 2.45) is 0 Å². The van der Waals surface area contributed by atoms with E-state index in [-0.39, 0.29) is 11.2 Å². The number of nitrogens with one attached hydrogen (secondary N) is 1. The molecule has 0 atom stereocenters. The molecule has 2 aliphatic rings. The molecule has 0 spiro atoms. The van der Waals surface area contributed by atoms with Gasteiger partial charge in [0.15, 0.2) is 0 Å². The number of rotatable bonds is 2. The van der Waals surface area contributed by atoms with Gasteiger partial charge in [0.2, 0.25) is 0 Å². The standard InChI is InChI=1S/C16H10N4O3/c21-16-13-9-17-14-8-11(20(22)23)6-7-12(14)15(13)18-19(16)10-4-2-1-3-5-10/h1-9,17H. The number of aromatic nitrogens is 3. The van der Waals surface area contributed by atoms with Crippen LogP contribution in [0.15, 0.2) is 59.5 Å². The molecule has 112 valence electrons. The SMILES string of the molecule is O=c1c2c[nH]c3cc([N+](=O)[O-])ccc3c-2nn1-c1ccccc1. The second-order valence-electron chi connectivity index (χ2n) is 5.09. The average Bonchev–Trinajstić information content (AvgIpc) is 2.92. The van der Waals surface area contributed by atoms with Crippen LogP contribution >= 0.6 is 0 Å². The van der Waals surface area contributed by atoms with Gasteiger partial charge in [0.25, 0.3) is 11.2 Å². The molecular formula is C16H10N4O3. The first-order valence-corrected chi connectivity index (χ1v) is 6.89. The van der Waals surface area contributed by atoms with Crippen molar-refractivity contribution in [3.8, 4) is 16.9 Å². The zero-order valence-corrected chi connectivity index (χ0v) is 11.8. The minimum absolute atomic E-state index is 0.0158. The summed E-state index contributed by atoms with van der Waals surface area (Å²) in [6.07, 6.45) is 1.54. The van der Waals surface area contributed by atoms with Crippen LogP contribution in [-0.2, 0) is 0 Å². The molecule has 2 aromatic carbocycles.